The van der Waals surface area contributed by atoms with Crippen LogP contribution in [0.5, 0.6) is 0 Å². The van der Waals surface area contributed by atoms with E-state index in [4.69, 9.17) is 0 Å². The van der Waals surface area contributed by atoms with Crippen LogP contribution < -0.4 is 11.0 Å². The first kappa shape index (κ1) is 13.2. The average molecular weight is 312 g/mol. The molecule has 1 aromatic heterocycles. The highest BCUT2D eigenvalue weighted by Crippen LogP contribution is 2.26. The number of hydrogen-bond acceptors (Lipinski definition) is 2. The van der Waals surface area contributed by atoms with E-state index in [1.165, 1.54) is 25.7 Å². The maximum Gasteiger partial charge on any atom is 0.323 e. The van der Waals surface area contributed by atoms with Gasteiger partial charge in [0.2, 0.25) is 0 Å². The van der Waals surface area contributed by atoms with Gasteiger partial charge in [0.25, 0.3) is 0 Å². The van der Waals surface area contributed by atoms with Crippen LogP contribution in [0.25, 0.3) is 11.0 Å². The monoisotopic (exact) mass is 311 g/mol. The van der Waals surface area contributed by atoms with E-state index < -0.39 is 0 Å². The summed E-state index contributed by atoms with van der Waals surface area (Å²) in [5.74, 6) is 0. The van der Waals surface area contributed by atoms with E-state index in [0.717, 1.165) is 27.7 Å². The first-order chi connectivity index (χ1) is 8.70. The maximum absolute atomic E-state index is 11.2. The third-order valence-electron chi connectivity index (χ3n) is 2.95. The summed E-state index contributed by atoms with van der Waals surface area (Å²) in [6, 6.07) is 3.87. The Morgan fingerprint density at radius 3 is 2.61 bits per heavy atom. The van der Waals surface area contributed by atoms with Crippen molar-refractivity contribution in [2.24, 2.45) is 0 Å². The second kappa shape index (κ2) is 6.09. The first-order valence-electron chi connectivity index (χ1n) is 6.36. The summed E-state index contributed by atoms with van der Waals surface area (Å²) in [7, 11) is 0. The largest absolute Gasteiger partial charge is 0.384 e. The van der Waals surface area contributed by atoms with Crippen molar-refractivity contribution in [2.75, 3.05) is 11.9 Å². The number of nitrogens with one attached hydrogen (secondary N) is 3. The Hall–Kier alpha value is -1.23. The molecule has 2 aromatic rings. The Morgan fingerprint density at radius 2 is 1.89 bits per heavy atom. The van der Waals surface area contributed by atoms with Crippen molar-refractivity contribution in [2.45, 2.75) is 32.6 Å². The number of aromatic amines is 2. The molecule has 0 aliphatic heterocycles. The number of unbranched alkanes of at least 4 members (excludes halogenated alkanes) is 3. The molecule has 0 spiro atoms. The van der Waals surface area contributed by atoms with E-state index >= 15 is 0 Å². The summed E-state index contributed by atoms with van der Waals surface area (Å²) in [6.07, 6.45) is 4.96. The van der Waals surface area contributed by atoms with Gasteiger partial charge in [-0.15, -0.1) is 0 Å². The summed E-state index contributed by atoms with van der Waals surface area (Å²) in [4.78, 5) is 16.7. The quantitative estimate of drug-likeness (QED) is 0.714. The Labute approximate surface area is 114 Å². The lowest BCUT2D eigenvalue weighted by Crippen LogP contribution is -2.02. The lowest BCUT2D eigenvalue weighted by molar-refractivity contribution is 0.685. The molecule has 0 saturated carbocycles. The molecule has 4 nitrogen and oxygen atoms in total. The fourth-order valence-corrected chi connectivity index (χ4v) is 2.45. The van der Waals surface area contributed by atoms with Crippen LogP contribution in [0.15, 0.2) is 21.4 Å². The van der Waals surface area contributed by atoms with Crippen molar-refractivity contribution >= 4 is 32.7 Å². The van der Waals surface area contributed by atoms with E-state index in [0.29, 0.717) is 0 Å². The van der Waals surface area contributed by atoms with Crippen LogP contribution in [0, 0.1) is 0 Å². The highest BCUT2D eigenvalue weighted by atomic mass is 79.9. The van der Waals surface area contributed by atoms with Crippen LogP contribution >= 0.6 is 15.9 Å². The zero-order valence-electron chi connectivity index (χ0n) is 10.5. The van der Waals surface area contributed by atoms with Gasteiger partial charge in [0.1, 0.15) is 0 Å². The number of fused-ring (bicyclic) bond motifs is 1. The minimum Gasteiger partial charge on any atom is -0.384 e. The van der Waals surface area contributed by atoms with Gasteiger partial charge in [0, 0.05) is 11.0 Å². The number of imidazole rings is 1. The predicted octanol–water partition coefficient (Wildman–Crippen LogP) is 3.61. The SMILES string of the molecule is CCCCCCNc1cc2[nH]c(=O)[nH]c2cc1Br. The molecule has 0 atom stereocenters. The number of rotatable bonds is 6. The summed E-state index contributed by atoms with van der Waals surface area (Å²) in [5, 5.41) is 3.39. The molecular formula is C13H18BrN3O. The molecule has 0 aliphatic rings. The molecule has 0 radical (unpaired) electrons. The highest BCUT2D eigenvalue weighted by molar-refractivity contribution is 9.10. The summed E-state index contributed by atoms with van der Waals surface area (Å²) in [5.41, 5.74) is 2.51. The Kier molecular flexibility index (Phi) is 4.47. The fraction of sp³-hybridized carbons (Fsp3) is 0.462. The molecule has 0 aliphatic carbocycles. The Balaban J connectivity index is 2.03. The molecule has 1 aromatic carbocycles. The average Bonchev–Trinajstić information content (AvgIpc) is 2.68. The van der Waals surface area contributed by atoms with Gasteiger partial charge in [0.15, 0.2) is 0 Å². The third-order valence-corrected chi connectivity index (χ3v) is 3.61. The van der Waals surface area contributed by atoms with Crippen LogP contribution in [-0.2, 0) is 0 Å². The molecule has 3 N–H and O–H groups in total. The van der Waals surface area contributed by atoms with E-state index in [1.54, 1.807) is 0 Å². The molecular weight excluding hydrogens is 294 g/mol. The number of anilines is 1. The van der Waals surface area contributed by atoms with Gasteiger partial charge in [0.05, 0.1) is 16.7 Å². The zero-order chi connectivity index (χ0) is 13.0. The van der Waals surface area contributed by atoms with Gasteiger partial charge >= 0.3 is 5.69 Å². The van der Waals surface area contributed by atoms with Crippen LogP contribution in [-0.4, -0.2) is 16.5 Å². The second-order valence-electron chi connectivity index (χ2n) is 4.44. The highest BCUT2D eigenvalue weighted by Gasteiger charge is 2.04. The molecule has 5 heteroatoms. The zero-order valence-corrected chi connectivity index (χ0v) is 12.1. The van der Waals surface area contributed by atoms with Gasteiger partial charge in [-0.2, -0.15) is 0 Å². The molecule has 2 rings (SSSR count). The van der Waals surface area contributed by atoms with Gasteiger partial charge in [-0.05, 0) is 34.5 Å². The van der Waals surface area contributed by atoms with Gasteiger partial charge in [-0.25, -0.2) is 4.79 Å². The lowest BCUT2D eigenvalue weighted by atomic mass is 10.2. The van der Waals surface area contributed by atoms with E-state index in [-0.39, 0.29) is 5.69 Å². The van der Waals surface area contributed by atoms with Crippen molar-refractivity contribution in [3.05, 3.63) is 27.1 Å². The van der Waals surface area contributed by atoms with Crippen molar-refractivity contribution in [3.8, 4) is 0 Å². The topological polar surface area (TPSA) is 60.7 Å². The minimum absolute atomic E-state index is 0.169. The van der Waals surface area contributed by atoms with Crippen LogP contribution in [0.2, 0.25) is 0 Å². The summed E-state index contributed by atoms with van der Waals surface area (Å²) < 4.78 is 0.973. The molecule has 0 amide bonds. The molecule has 98 valence electrons. The number of benzene rings is 1. The van der Waals surface area contributed by atoms with Crippen molar-refractivity contribution in [1.82, 2.24) is 9.97 Å². The lowest BCUT2D eigenvalue weighted by Gasteiger charge is -2.08. The number of H-pyrrole nitrogens is 2. The van der Waals surface area contributed by atoms with Gasteiger partial charge in [-0.1, -0.05) is 26.2 Å². The third kappa shape index (κ3) is 3.16. The molecule has 0 bridgehead atoms. The van der Waals surface area contributed by atoms with E-state index in [2.05, 4.69) is 38.1 Å². The normalized spacial score (nSPS) is 11.0. The van der Waals surface area contributed by atoms with E-state index in [1.807, 2.05) is 12.1 Å². The number of hydrogen-bond donors (Lipinski definition) is 3. The molecule has 1 heterocycles. The van der Waals surface area contributed by atoms with E-state index in [9.17, 15) is 4.79 Å². The van der Waals surface area contributed by atoms with Crippen LogP contribution in [0.3, 0.4) is 0 Å². The molecule has 0 saturated heterocycles. The Morgan fingerprint density at radius 1 is 1.17 bits per heavy atom. The first-order valence-corrected chi connectivity index (χ1v) is 7.15. The van der Waals surface area contributed by atoms with Crippen LogP contribution in [0.4, 0.5) is 5.69 Å². The van der Waals surface area contributed by atoms with Crippen molar-refractivity contribution in [3.63, 3.8) is 0 Å². The predicted molar refractivity (Wildman–Crippen MR) is 79.3 cm³/mol. The summed E-state index contributed by atoms with van der Waals surface area (Å²) >= 11 is 3.51. The molecule has 0 unspecified atom stereocenters. The minimum atomic E-state index is -0.169. The molecule has 18 heavy (non-hydrogen) atoms. The maximum atomic E-state index is 11.2. The summed E-state index contributed by atoms with van der Waals surface area (Å²) in [6.45, 7) is 3.17. The fourth-order valence-electron chi connectivity index (χ4n) is 1.97. The second-order valence-corrected chi connectivity index (χ2v) is 5.30. The Bertz CT molecular complexity index is 573. The van der Waals surface area contributed by atoms with Crippen LogP contribution in [0.1, 0.15) is 32.6 Å². The number of halogens is 1. The van der Waals surface area contributed by atoms with Crippen molar-refractivity contribution in [1.29, 1.82) is 0 Å². The smallest absolute Gasteiger partial charge is 0.323 e. The number of aromatic nitrogens is 2. The van der Waals surface area contributed by atoms with Gasteiger partial charge in [-0.3, -0.25) is 0 Å². The standard InChI is InChI=1S/C13H18BrN3O/c1-2-3-4-5-6-15-10-8-12-11(7-9(10)14)16-13(18)17-12/h7-8,15H,2-6H2,1H3,(H2,16,17,18). The molecule has 0 fully saturated rings. The van der Waals surface area contributed by atoms with Crippen molar-refractivity contribution < 1.29 is 0 Å². The van der Waals surface area contributed by atoms with Gasteiger partial charge < -0.3 is 15.3 Å².